The highest BCUT2D eigenvalue weighted by Gasteiger charge is 2.10. The molecule has 3 N–H and O–H groups in total. The Bertz CT molecular complexity index is 631. The first kappa shape index (κ1) is 20.4. The topological polar surface area (TPSA) is 106 Å². The van der Waals surface area contributed by atoms with E-state index in [0.717, 1.165) is 0 Å². The van der Waals surface area contributed by atoms with Gasteiger partial charge in [0.05, 0.1) is 12.2 Å². The van der Waals surface area contributed by atoms with Gasteiger partial charge in [-0.15, -0.1) is 0 Å². The average Bonchev–Trinajstić information content (AvgIpc) is 2.58. The van der Waals surface area contributed by atoms with E-state index in [1.807, 2.05) is 0 Å². The molecule has 0 heterocycles. The largest absolute Gasteiger partial charge is 0.484 e. The molecule has 0 bridgehead atoms. The molecule has 1 rings (SSSR count). The van der Waals surface area contributed by atoms with Gasteiger partial charge >= 0.3 is 5.97 Å². The lowest BCUT2D eigenvalue weighted by atomic mass is 10.2. The zero-order chi connectivity index (χ0) is 18.8. The summed E-state index contributed by atoms with van der Waals surface area (Å²) in [5, 5.41) is 2.41. The van der Waals surface area contributed by atoms with Crippen molar-refractivity contribution in [3.63, 3.8) is 0 Å². The van der Waals surface area contributed by atoms with Crippen molar-refractivity contribution in [3.8, 4) is 5.75 Å². The van der Waals surface area contributed by atoms with Gasteiger partial charge in [-0.2, -0.15) is 0 Å². The van der Waals surface area contributed by atoms with Crippen molar-refractivity contribution in [1.29, 1.82) is 0 Å². The van der Waals surface area contributed by atoms with Crippen molar-refractivity contribution >= 4 is 35.1 Å². The number of esters is 1. The predicted octanol–water partition coefficient (Wildman–Crippen LogP) is 0.920. The second-order valence-corrected chi connectivity index (χ2v) is 5.59. The molecule has 136 valence electrons. The van der Waals surface area contributed by atoms with Crippen LogP contribution in [0.4, 0.5) is 0 Å². The molecule has 0 aliphatic rings. The number of amides is 2. The third-order valence-corrected chi connectivity index (χ3v) is 3.02. The molecule has 0 spiro atoms. The van der Waals surface area contributed by atoms with Gasteiger partial charge in [0.1, 0.15) is 5.75 Å². The quantitative estimate of drug-likeness (QED) is 0.390. The van der Waals surface area contributed by atoms with Gasteiger partial charge in [0, 0.05) is 5.92 Å². The number of rotatable bonds is 6. The van der Waals surface area contributed by atoms with Gasteiger partial charge in [0.25, 0.3) is 5.91 Å². The molecule has 0 fully saturated rings. The van der Waals surface area contributed by atoms with Gasteiger partial charge < -0.3 is 14.8 Å². The summed E-state index contributed by atoms with van der Waals surface area (Å²) in [5.41, 5.74) is 5.10. The SMILES string of the molecule is CCOC(=O)c1ccc(OCC(=O)NNC(=S)NC(=O)C(C)C)cc1. The fraction of sp³-hybridized carbons (Fsp3) is 0.375. The van der Waals surface area contributed by atoms with E-state index in [9.17, 15) is 14.4 Å². The third kappa shape index (κ3) is 7.62. The van der Waals surface area contributed by atoms with E-state index in [0.29, 0.717) is 17.9 Å². The molecule has 9 heteroatoms. The van der Waals surface area contributed by atoms with Crippen LogP contribution in [0.15, 0.2) is 24.3 Å². The standard InChI is InChI=1S/C16H21N3O5S/c1-4-23-15(22)11-5-7-12(8-6-11)24-9-13(20)18-19-16(25)17-14(21)10(2)3/h5-8,10H,4,9H2,1-3H3,(H,18,20)(H2,17,19,21,25). The fourth-order valence-electron chi connectivity index (χ4n) is 1.50. The Labute approximate surface area is 151 Å². The highest BCUT2D eigenvalue weighted by atomic mass is 32.1. The summed E-state index contributed by atoms with van der Waals surface area (Å²) in [6.07, 6.45) is 0. The molecule has 0 unspecified atom stereocenters. The minimum atomic E-state index is -0.490. The summed E-state index contributed by atoms with van der Waals surface area (Å²) in [4.78, 5) is 34.6. The molecule has 0 aliphatic carbocycles. The van der Waals surface area contributed by atoms with Crippen molar-refractivity contribution in [1.82, 2.24) is 16.2 Å². The molecule has 0 saturated carbocycles. The molecule has 8 nitrogen and oxygen atoms in total. The summed E-state index contributed by atoms with van der Waals surface area (Å²) in [6.45, 7) is 5.19. The van der Waals surface area contributed by atoms with Crippen LogP contribution in [0.3, 0.4) is 0 Å². The van der Waals surface area contributed by atoms with E-state index in [1.165, 1.54) is 0 Å². The normalized spacial score (nSPS) is 9.92. The first-order chi connectivity index (χ1) is 11.8. The number of benzene rings is 1. The molecule has 0 aromatic heterocycles. The lowest BCUT2D eigenvalue weighted by Crippen LogP contribution is -2.50. The average molecular weight is 367 g/mol. The summed E-state index contributed by atoms with van der Waals surface area (Å²) in [7, 11) is 0. The first-order valence-corrected chi connectivity index (χ1v) is 8.04. The molecular weight excluding hydrogens is 346 g/mol. The Morgan fingerprint density at radius 1 is 1.12 bits per heavy atom. The summed E-state index contributed by atoms with van der Waals surface area (Å²) >= 11 is 4.86. The summed E-state index contributed by atoms with van der Waals surface area (Å²) < 4.78 is 10.1. The number of hydrazine groups is 1. The number of carbonyl (C=O) groups is 3. The number of thiocarbonyl (C=S) groups is 1. The van der Waals surface area contributed by atoms with E-state index < -0.39 is 11.9 Å². The number of nitrogens with one attached hydrogen (secondary N) is 3. The zero-order valence-corrected chi connectivity index (χ0v) is 15.1. The van der Waals surface area contributed by atoms with Gasteiger partial charge in [0.15, 0.2) is 11.7 Å². The number of hydrogen-bond donors (Lipinski definition) is 3. The number of carbonyl (C=O) groups excluding carboxylic acids is 3. The lowest BCUT2D eigenvalue weighted by Gasteiger charge is -2.12. The Balaban J connectivity index is 2.35. The molecule has 1 aromatic carbocycles. The van der Waals surface area contributed by atoms with Crippen LogP contribution in [0.2, 0.25) is 0 Å². The van der Waals surface area contributed by atoms with E-state index in [2.05, 4.69) is 16.2 Å². The Kier molecular flexibility index (Phi) is 8.34. The molecule has 1 aromatic rings. The monoisotopic (exact) mass is 367 g/mol. The molecule has 2 amide bonds. The van der Waals surface area contributed by atoms with Crippen LogP contribution in [0.1, 0.15) is 31.1 Å². The second-order valence-electron chi connectivity index (χ2n) is 5.18. The number of hydrogen-bond acceptors (Lipinski definition) is 6. The van der Waals surface area contributed by atoms with Crippen molar-refractivity contribution < 1.29 is 23.9 Å². The highest BCUT2D eigenvalue weighted by molar-refractivity contribution is 7.80. The fourth-order valence-corrected chi connectivity index (χ4v) is 1.65. The summed E-state index contributed by atoms with van der Waals surface area (Å²) in [6, 6.07) is 6.20. The van der Waals surface area contributed by atoms with Crippen molar-refractivity contribution in [2.75, 3.05) is 13.2 Å². The third-order valence-electron chi connectivity index (χ3n) is 2.81. The molecule has 0 radical (unpaired) electrons. The van der Waals surface area contributed by atoms with Crippen molar-refractivity contribution in [2.24, 2.45) is 5.92 Å². The van der Waals surface area contributed by atoms with Crippen LogP contribution in [-0.2, 0) is 14.3 Å². The van der Waals surface area contributed by atoms with E-state index >= 15 is 0 Å². The van der Waals surface area contributed by atoms with Gasteiger partial charge in [-0.1, -0.05) is 13.8 Å². The molecule has 0 atom stereocenters. The van der Waals surface area contributed by atoms with Gasteiger partial charge in [-0.25, -0.2) is 4.79 Å². The Hall–Kier alpha value is -2.68. The van der Waals surface area contributed by atoms with Crippen LogP contribution in [0, 0.1) is 5.92 Å². The molecule has 0 aliphatic heterocycles. The van der Waals surface area contributed by atoms with Crippen LogP contribution in [0.25, 0.3) is 0 Å². The lowest BCUT2D eigenvalue weighted by molar-refractivity contribution is -0.124. The predicted molar refractivity (Wildman–Crippen MR) is 94.8 cm³/mol. The second kappa shape index (κ2) is 10.2. The van der Waals surface area contributed by atoms with Crippen molar-refractivity contribution in [3.05, 3.63) is 29.8 Å². The summed E-state index contributed by atoms with van der Waals surface area (Å²) in [5.74, 6) is -0.983. The zero-order valence-electron chi connectivity index (χ0n) is 14.3. The van der Waals surface area contributed by atoms with Gasteiger partial charge in [0.2, 0.25) is 5.91 Å². The van der Waals surface area contributed by atoms with Crippen LogP contribution in [0.5, 0.6) is 5.75 Å². The Morgan fingerprint density at radius 2 is 1.76 bits per heavy atom. The van der Waals surface area contributed by atoms with Crippen molar-refractivity contribution in [2.45, 2.75) is 20.8 Å². The van der Waals surface area contributed by atoms with E-state index in [1.54, 1.807) is 45.0 Å². The van der Waals surface area contributed by atoms with Gasteiger partial charge in [-0.05, 0) is 43.4 Å². The maximum absolute atomic E-state index is 11.7. The maximum atomic E-state index is 11.7. The highest BCUT2D eigenvalue weighted by Crippen LogP contribution is 2.12. The number of ether oxygens (including phenoxy) is 2. The minimum absolute atomic E-state index is 0.00848. The first-order valence-electron chi connectivity index (χ1n) is 7.63. The van der Waals surface area contributed by atoms with E-state index in [-0.39, 0.29) is 23.5 Å². The molecular formula is C16H21N3O5S. The van der Waals surface area contributed by atoms with Gasteiger partial charge in [-0.3, -0.25) is 20.4 Å². The van der Waals surface area contributed by atoms with Crippen LogP contribution >= 0.6 is 12.2 Å². The Morgan fingerprint density at radius 3 is 2.32 bits per heavy atom. The molecule has 25 heavy (non-hydrogen) atoms. The molecule has 0 saturated heterocycles. The van der Waals surface area contributed by atoms with E-state index in [4.69, 9.17) is 21.7 Å². The maximum Gasteiger partial charge on any atom is 0.338 e. The smallest absolute Gasteiger partial charge is 0.338 e. The van der Waals surface area contributed by atoms with Crippen LogP contribution in [-0.4, -0.2) is 36.1 Å². The minimum Gasteiger partial charge on any atom is -0.484 e. The van der Waals surface area contributed by atoms with Crippen LogP contribution < -0.4 is 20.9 Å².